The van der Waals surface area contributed by atoms with Crippen molar-refractivity contribution < 1.29 is 14.3 Å². The lowest BCUT2D eigenvalue weighted by Gasteiger charge is -2.31. The van der Waals surface area contributed by atoms with E-state index in [0.717, 1.165) is 16.7 Å². The summed E-state index contributed by atoms with van der Waals surface area (Å²) in [4.78, 5) is 27.4. The fourth-order valence-corrected chi connectivity index (χ4v) is 3.39. The highest BCUT2D eigenvalue weighted by atomic mass is 35.5. The van der Waals surface area contributed by atoms with Gasteiger partial charge in [0, 0.05) is 22.1 Å². The molecule has 0 saturated heterocycles. The standard InChI is InChI=1S/C24H30Cl2N2O3/c1-15-11-19(12-16(2)22(15)26)31-14-21(29)28(13-18-9-7-8-10-20(18)25)17(3)23(30)27-24(4,5)6/h7-12,17H,13-14H2,1-6H3,(H,27,30)/t17-/m1/s1. The number of amides is 2. The first kappa shape index (κ1) is 25.0. The normalized spacial score (nSPS) is 12.3. The lowest BCUT2D eigenvalue weighted by atomic mass is 10.1. The van der Waals surface area contributed by atoms with Crippen molar-refractivity contribution in [1.82, 2.24) is 10.2 Å². The third kappa shape index (κ3) is 7.15. The molecule has 0 aliphatic rings. The van der Waals surface area contributed by atoms with Gasteiger partial charge in [0.1, 0.15) is 11.8 Å². The highest BCUT2D eigenvalue weighted by Gasteiger charge is 2.29. The number of hydrogen-bond acceptors (Lipinski definition) is 3. The Morgan fingerprint density at radius 2 is 1.68 bits per heavy atom. The molecule has 168 valence electrons. The summed E-state index contributed by atoms with van der Waals surface area (Å²) in [5.74, 6) is -0.00920. The van der Waals surface area contributed by atoms with Gasteiger partial charge in [0.05, 0.1) is 0 Å². The van der Waals surface area contributed by atoms with E-state index in [1.807, 2.05) is 52.8 Å². The third-order valence-corrected chi connectivity index (χ3v) is 5.70. The maximum atomic E-state index is 13.1. The third-order valence-electron chi connectivity index (χ3n) is 4.74. The van der Waals surface area contributed by atoms with Gasteiger partial charge in [0.2, 0.25) is 5.91 Å². The van der Waals surface area contributed by atoms with Crippen LogP contribution in [0.1, 0.15) is 44.4 Å². The zero-order valence-electron chi connectivity index (χ0n) is 18.9. The molecule has 2 aromatic rings. The van der Waals surface area contributed by atoms with Gasteiger partial charge in [-0.05, 0) is 76.4 Å². The lowest BCUT2D eigenvalue weighted by Crippen LogP contribution is -2.53. The second-order valence-corrected chi connectivity index (χ2v) is 9.47. The Kier molecular flexibility index (Phi) is 8.38. The SMILES string of the molecule is Cc1cc(OCC(=O)N(Cc2ccccc2Cl)[C@H](C)C(=O)NC(C)(C)C)cc(C)c1Cl. The molecule has 0 aromatic heterocycles. The Balaban J connectivity index is 2.23. The topological polar surface area (TPSA) is 58.6 Å². The second kappa shape index (κ2) is 10.4. The van der Waals surface area contributed by atoms with Crippen LogP contribution in [-0.2, 0) is 16.1 Å². The van der Waals surface area contributed by atoms with E-state index in [9.17, 15) is 9.59 Å². The average Bonchev–Trinajstić information content (AvgIpc) is 2.67. The average molecular weight is 465 g/mol. The molecule has 2 amide bonds. The van der Waals surface area contributed by atoms with Crippen LogP contribution in [0.5, 0.6) is 5.75 Å². The summed E-state index contributed by atoms with van der Waals surface area (Å²) in [6.07, 6.45) is 0. The van der Waals surface area contributed by atoms with Gasteiger partial charge in [-0.3, -0.25) is 9.59 Å². The van der Waals surface area contributed by atoms with Crippen molar-refractivity contribution in [1.29, 1.82) is 0 Å². The summed E-state index contributed by atoms with van der Waals surface area (Å²) in [5.41, 5.74) is 2.08. The summed E-state index contributed by atoms with van der Waals surface area (Å²) in [5, 5.41) is 4.14. The van der Waals surface area contributed by atoms with Crippen LogP contribution < -0.4 is 10.1 Å². The van der Waals surface area contributed by atoms with Gasteiger partial charge in [-0.2, -0.15) is 0 Å². The van der Waals surface area contributed by atoms with Crippen LogP contribution >= 0.6 is 23.2 Å². The van der Waals surface area contributed by atoms with Crippen LogP contribution in [0.4, 0.5) is 0 Å². The van der Waals surface area contributed by atoms with E-state index in [2.05, 4.69) is 5.32 Å². The number of rotatable bonds is 7. The number of carbonyl (C=O) groups is 2. The van der Waals surface area contributed by atoms with Gasteiger partial charge in [0.25, 0.3) is 5.91 Å². The minimum Gasteiger partial charge on any atom is -0.484 e. The van der Waals surface area contributed by atoms with Crippen LogP contribution in [0.3, 0.4) is 0 Å². The van der Waals surface area contributed by atoms with E-state index < -0.39 is 11.6 Å². The molecule has 0 aliphatic heterocycles. The smallest absolute Gasteiger partial charge is 0.261 e. The number of nitrogens with one attached hydrogen (secondary N) is 1. The Morgan fingerprint density at radius 1 is 1.10 bits per heavy atom. The molecule has 0 aliphatic carbocycles. The zero-order chi connectivity index (χ0) is 23.3. The van der Waals surface area contributed by atoms with E-state index in [4.69, 9.17) is 27.9 Å². The maximum Gasteiger partial charge on any atom is 0.261 e. The van der Waals surface area contributed by atoms with Crippen molar-refractivity contribution in [3.8, 4) is 5.75 Å². The van der Waals surface area contributed by atoms with E-state index in [0.29, 0.717) is 15.8 Å². The highest BCUT2D eigenvalue weighted by molar-refractivity contribution is 6.32. The van der Waals surface area contributed by atoms with Gasteiger partial charge in [-0.1, -0.05) is 41.4 Å². The monoisotopic (exact) mass is 464 g/mol. The predicted molar refractivity (Wildman–Crippen MR) is 126 cm³/mol. The molecule has 0 saturated carbocycles. The molecule has 1 N–H and O–H groups in total. The molecular formula is C24H30Cl2N2O3. The summed E-state index contributed by atoms with van der Waals surface area (Å²) in [6.45, 7) is 11.1. The van der Waals surface area contributed by atoms with Crippen molar-refractivity contribution in [2.75, 3.05) is 6.61 Å². The van der Waals surface area contributed by atoms with E-state index in [1.165, 1.54) is 4.90 Å². The van der Waals surface area contributed by atoms with Crippen molar-refractivity contribution in [3.63, 3.8) is 0 Å². The van der Waals surface area contributed by atoms with Gasteiger partial charge >= 0.3 is 0 Å². The minimum absolute atomic E-state index is 0.194. The Morgan fingerprint density at radius 3 is 2.23 bits per heavy atom. The Labute approximate surface area is 194 Å². The zero-order valence-corrected chi connectivity index (χ0v) is 20.4. The molecule has 0 radical (unpaired) electrons. The number of halogens is 2. The predicted octanol–water partition coefficient (Wildman–Crippen LogP) is 5.32. The first-order valence-corrected chi connectivity index (χ1v) is 10.9. The molecule has 31 heavy (non-hydrogen) atoms. The van der Waals surface area contributed by atoms with E-state index in [-0.39, 0.29) is 25.0 Å². The van der Waals surface area contributed by atoms with Crippen molar-refractivity contribution in [2.45, 2.75) is 59.7 Å². The molecule has 5 nitrogen and oxygen atoms in total. The van der Waals surface area contributed by atoms with Crippen molar-refractivity contribution in [2.24, 2.45) is 0 Å². The largest absolute Gasteiger partial charge is 0.484 e. The van der Waals surface area contributed by atoms with Crippen LogP contribution in [0, 0.1) is 13.8 Å². The molecule has 0 heterocycles. The number of hydrogen-bond donors (Lipinski definition) is 1. The molecule has 2 aromatic carbocycles. The Hall–Kier alpha value is -2.24. The second-order valence-electron chi connectivity index (χ2n) is 8.69. The summed E-state index contributed by atoms with van der Waals surface area (Å²) >= 11 is 12.5. The highest BCUT2D eigenvalue weighted by Crippen LogP contribution is 2.26. The molecule has 0 spiro atoms. The molecule has 2 rings (SSSR count). The van der Waals surface area contributed by atoms with Gasteiger partial charge in [0.15, 0.2) is 6.61 Å². The number of aryl methyl sites for hydroxylation is 2. The lowest BCUT2D eigenvalue weighted by molar-refractivity contribution is -0.142. The maximum absolute atomic E-state index is 13.1. The summed E-state index contributed by atoms with van der Waals surface area (Å²) in [6, 6.07) is 10.1. The molecule has 0 bridgehead atoms. The summed E-state index contributed by atoms with van der Waals surface area (Å²) < 4.78 is 5.75. The van der Waals surface area contributed by atoms with Gasteiger partial charge in [-0.25, -0.2) is 0 Å². The molecule has 0 fully saturated rings. The van der Waals surface area contributed by atoms with Gasteiger partial charge < -0.3 is 15.0 Å². The van der Waals surface area contributed by atoms with Crippen LogP contribution in [-0.4, -0.2) is 34.9 Å². The molecular weight excluding hydrogens is 435 g/mol. The molecule has 0 unspecified atom stereocenters. The quantitative estimate of drug-likeness (QED) is 0.602. The van der Waals surface area contributed by atoms with Gasteiger partial charge in [-0.15, -0.1) is 0 Å². The number of benzene rings is 2. The van der Waals surface area contributed by atoms with Crippen LogP contribution in [0.25, 0.3) is 0 Å². The number of nitrogens with zero attached hydrogens (tertiary/aromatic N) is 1. The van der Waals surface area contributed by atoms with Crippen LogP contribution in [0.15, 0.2) is 36.4 Å². The van der Waals surface area contributed by atoms with E-state index >= 15 is 0 Å². The minimum atomic E-state index is -0.708. The van der Waals surface area contributed by atoms with Crippen LogP contribution in [0.2, 0.25) is 10.0 Å². The first-order valence-electron chi connectivity index (χ1n) is 10.1. The number of carbonyl (C=O) groups excluding carboxylic acids is 2. The van der Waals surface area contributed by atoms with Crippen molar-refractivity contribution in [3.05, 3.63) is 63.1 Å². The number of ether oxygens (including phenoxy) is 1. The summed E-state index contributed by atoms with van der Waals surface area (Å²) in [7, 11) is 0. The fourth-order valence-electron chi connectivity index (χ4n) is 3.08. The Bertz CT molecular complexity index is 931. The molecule has 7 heteroatoms. The molecule has 1 atom stereocenters. The van der Waals surface area contributed by atoms with Crippen molar-refractivity contribution >= 4 is 35.0 Å². The fraction of sp³-hybridized carbons (Fsp3) is 0.417. The van der Waals surface area contributed by atoms with E-state index in [1.54, 1.807) is 25.1 Å². The first-order chi connectivity index (χ1) is 14.4.